The van der Waals surface area contributed by atoms with Gasteiger partial charge < -0.3 is 20.3 Å². The third-order valence-electron chi connectivity index (χ3n) is 14.2. The number of allylic oxidation sites excluding steroid dienone is 6. The van der Waals surface area contributed by atoms with Crippen LogP contribution in [0.1, 0.15) is 328 Å². The fourth-order valence-corrected chi connectivity index (χ4v) is 9.42. The lowest BCUT2D eigenvalue weighted by Crippen LogP contribution is -2.45. The first kappa shape index (κ1) is 67.1. The van der Waals surface area contributed by atoms with Gasteiger partial charge in [-0.1, -0.05) is 275 Å². The molecule has 0 spiro atoms. The number of aliphatic hydroxyl groups is 2. The molecule has 6 nitrogen and oxygen atoms in total. The van der Waals surface area contributed by atoms with Crippen LogP contribution in [0.2, 0.25) is 0 Å². The predicted molar refractivity (Wildman–Crippen MR) is 301 cm³/mol. The number of esters is 1. The smallest absolute Gasteiger partial charge is 0.305 e. The Kier molecular flexibility index (Phi) is 57.0. The van der Waals surface area contributed by atoms with Crippen LogP contribution in [0, 0.1) is 0 Å². The molecular weight excluding hydrogens is 851 g/mol. The second kappa shape index (κ2) is 58.6. The zero-order valence-corrected chi connectivity index (χ0v) is 46.3. The number of unbranched alkanes of at least 4 members (excludes halogenated alkanes) is 40. The van der Waals surface area contributed by atoms with Crippen molar-refractivity contribution in [1.82, 2.24) is 5.32 Å². The Morgan fingerprint density at radius 2 is 0.739 bits per heavy atom. The topological polar surface area (TPSA) is 95.9 Å². The maximum atomic E-state index is 12.5. The van der Waals surface area contributed by atoms with Crippen molar-refractivity contribution in [3.63, 3.8) is 0 Å². The van der Waals surface area contributed by atoms with Gasteiger partial charge in [-0.15, -0.1) is 0 Å². The molecule has 0 saturated carbocycles. The first-order valence-corrected chi connectivity index (χ1v) is 30.7. The fourth-order valence-electron chi connectivity index (χ4n) is 9.42. The Morgan fingerprint density at radius 1 is 0.406 bits per heavy atom. The molecule has 0 bridgehead atoms. The second-order valence-electron chi connectivity index (χ2n) is 21.0. The molecule has 2 atom stereocenters. The Morgan fingerprint density at radius 3 is 1.16 bits per heavy atom. The van der Waals surface area contributed by atoms with Crippen molar-refractivity contribution in [2.75, 3.05) is 13.2 Å². The highest BCUT2D eigenvalue weighted by Crippen LogP contribution is 2.17. The number of carbonyl (C=O) groups is 2. The first-order chi connectivity index (χ1) is 34.0. The molecular formula is C63H119NO5. The Hall–Kier alpha value is -1.92. The molecule has 69 heavy (non-hydrogen) atoms. The van der Waals surface area contributed by atoms with Crippen molar-refractivity contribution in [2.45, 2.75) is 341 Å². The summed E-state index contributed by atoms with van der Waals surface area (Å²) in [6.45, 7) is 4.89. The van der Waals surface area contributed by atoms with Gasteiger partial charge in [0.15, 0.2) is 0 Å². The van der Waals surface area contributed by atoms with E-state index in [1.54, 1.807) is 0 Å². The minimum Gasteiger partial charge on any atom is -0.466 e. The molecule has 0 aliphatic carbocycles. The highest BCUT2D eigenvalue weighted by molar-refractivity contribution is 5.76. The van der Waals surface area contributed by atoms with Gasteiger partial charge in [0.1, 0.15) is 0 Å². The lowest BCUT2D eigenvalue weighted by atomic mass is 10.0. The summed E-state index contributed by atoms with van der Waals surface area (Å²) in [5.74, 6) is -0.0723. The zero-order valence-electron chi connectivity index (χ0n) is 46.3. The van der Waals surface area contributed by atoms with Crippen LogP contribution in [0.25, 0.3) is 0 Å². The van der Waals surface area contributed by atoms with Crippen molar-refractivity contribution < 1.29 is 24.5 Å². The van der Waals surface area contributed by atoms with E-state index in [-0.39, 0.29) is 18.5 Å². The summed E-state index contributed by atoms with van der Waals surface area (Å²) in [7, 11) is 0. The number of nitrogens with one attached hydrogen (secondary N) is 1. The van der Waals surface area contributed by atoms with Crippen molar-refractivity contribution >= 4 is 11.9 Å². The molecule has 0 aliphatic heterocycles. The van der Waals surface area contributed by atoms with Crippen molar-refractivity contribution in [3.05, 3.63) is 36.5 Å². The van der Waals surface area contributed by atoms with Crippen LogP contribution in [-0.2, 0) is 14.3 Å². The van der Waals surface area contributed by atoms with Gasteiger partial charge >= 0.3 is 5.97 Å². The van der Waals surface area contributed by atoms with Crippen molar-refractivity contribution in [2.24, 2.45) is 0 Å². The molecule has 0 aromatic carbocycles. The maximum absolute atomic E-state index is 12.5. The average Bonchev–Trinajstić information content (AvgIpc) is 3.35. The van der Waals surface area contributed by atoms with Gasteiger partial charge in [0.05, 0.1) is 25.4 Å². The Labute approximate surface area is 430 Å². The van der Waals surface area contributed by atoms with Gasteiger partial charge in [-0.2, -0.15) is 0 Å². The zero-order chi connectivity index (χ0) is 50.0. The summed E-state index contributed by atoms with van der Waals surface area (Å²) < 4.78 is 5.45. The lowest BCUT2D eigenvalue weighted by molar-refractivity contribution is -0.143. The minimum atomic E-state index is -0.676. The standard InChI is InChI=1S/C63H119NO5/c1-3-5-7-9-11-13-15-17-19-20-21-22-23-24-25-26-28-31-35-39-43-47-51-55-61(66)60(59-65)64-62(67)56-52-48-44-40-36-32-29-27-30-34-38-42-46-50-54-58-69-63(68)57-53-49-45-41-37-33-18-16-14-12-10-8-6-4-2/h10,12,16,18,30,34,60-61,65-66H,3-9,11,13-15,17,19-29,31-33,35-59H2,1-2H3,(H,64,67)/b12-10-,18-16-,34-30-. The van der Waals surface area contributed by atoms with Gasteiger partial charge in [-0.25, -0.2) is 0 Å². The van der Waals surface area contributed by atoms with Crippen LogP contribution in [0.15, 0.2) is 36.5 Å². The molecule has 0 heterocycles. The van der Waals surface area contributed by atoms with Gasteiger partial charge in [0.25, 0.3) is 0 Å². The molecule has 0 aromatic heterocycles. The van der Waals surface area contributed by atoms with E-state index in [4.69, 9.17) is 4.74 Å². The van der Waals surface area contributed by atoms with Crippen molar-refractivity contribution in [3.8, 4) is 0 Å². The lowest BCUT2D eigenvalue weighted by Gasteiger charge is -2.22. The molecule has 6 heteroatoms. The van der Waals surface area contributed by atoms with E-state index in [0.717, 1.165) is 83.5 Å². The van der Waals surface area contributed by atoms with E-state index >= 15 is 0 Å². The van der Waals surface area contributed by atoms with Gasteiger partial charge in [-0.05, 0) is 77.0 Å². The molecule has 1 amide bonds. The monoisotopic (exact) mass is 970 g/mol. The average molecular weight is 971 g/mol. The van der Waals surface area contributed by atoms with Gasteiger partial charge in [-0.3, -0.25) is 9.59 Å². The number of hydrogen-bond acceptors (Lipinski definition) is 5. The van der Waals surface area contributed by atoms with Crippen molar-refractivity contribution in [1.29, 1.82) is 0 Å². The molecule has 2 unspecified atom stereocenters. The fraction of sp³-hybridized carbons (Fsp3) is 0.873. The van der Waals surface area contributed by atoms with Crippen LogP contribution < -0.4 is 5.32 Å². The minimum absolute atomic E-state index is 0.0242. The van der Waals surface area contributed by atoms with E-state index < -0.39 is 12.1 Å². The molecule has 0 aromatic rings. The van der Waals surface area contributed by atoms with Gasteiger partial charge in [0.2, 0.25) is 5.91 Å². The first-order valence-electron chi connectivity index (χ1n) is 30.7. The molecule has 0 saturated heterocycles. The molecule has 0 aliphatic rings. The normalized spacial score (nSPS) is 12.8. The number of amides is 1. The highest BCUT2D eigenvalue weighted by Gasteiger charge is 2.20. The van der Waals surface area contributed by atoms with Crippen LogP contribution in [-0.4, -0.2) is 47.4 Å². The number of hydrogen-bond donors (Lipinski definition) is 3. The predicted octanol–water partition coefficient (Wildman–Crippen LogP) is 19.2. The van der Waals surface area contributed by atoms with Crippen LogP contribution in [0.4, 0.5) is 0 Å². The van der Waals surface area contributed by atoms with Crippen LogP contribution >= 0.6 is 0 Å². The highest BCUT2D eigenvalue weighted by atomic mass is 16.5. The van der Waals surface area contributed by atoms with E-state index in [0.29, 0.717) is 25.9 Å². The van der Waals surface area contributed by atoms with E-state index in [9.17, 15) is 19.8 Å². The summed E-state index contributed by atoms with van der Waals surface area (Å²) in [6, 6.07) is -0.555. The molecule has 0 rings (SSSR count). The largest absolute Gasteiger partial charge is 0.466 e. The summed E-state index contributed by atoms with van der Waals surface area (Å²) in [5.41, 5.74) is 0. The summed E-state index contributed by atoms with van der Waals surface area (Å²) >= 11 is 0. The molecule has 0 radical (unpaired) electrons. The quantitative estimate of drug-likeness (QED) is 0.0321. The number of rotatable bonds is 57. The number of aliphatic hydroxyl groups excluding tert-OH is 2. The summed E-state index contributed by atoms with van der Waals surface area (Å²) in [4.78, 5) is 24.5. The molecule has 406 valence electrons. The van der Waals surface area contributed by atoms with E-state index in [2.05, 4.69) is 55.6 Å². The number of carbonyl (C=O) groups excluding carboxylic acids is 2. The van der Waals surface area contributed by atoms with Crippen LogP contribution in [0.3, 0.4) is 0 Å². The second-order valence-corrected chi connectivity index (χ2v) is 21.0. The van der Waals surface area contributed by atoms with E-state index in [1.807, 2.05) is 0 Å². The Bertz CT molecular complexity index is 1120. The van der Waals surface area contributed by atoms with Gasteiger partial charge in [0, 0.05) is 12.8 Å². The SMILES string of the molecule is CCCC/C=C\C/C=C\CCCCCCCC(=O)OCCCCCC/C=C\CCCCCCCCCC(=O)NC(CO)C(O)CCCCCCCCCCCCCCCCCCCCCCCCC. The third-order valence-corrected chi connectivity index (χ3v) is 14.2. The molecule has 0 fully saturated rings. The Balaban J connectivity index is 3.47. The van der Waals surface area contributed by atoms with Crippen LogP contribution in [0.5, 0.6) is 0 Å². The summed E-state index contributed by atoms with van der Waals surface area (Å²) in [6.07, 6.45) is 72.9. The molecule has 3 N–H and O–H groups in total. The maximum Gasteiger partial charge on any atom is 0.305 e. The third kappa shape index (κ3) is 55.2. The summed E-state index contributed by atoms with van der Waals surface area (Å²) in [5, 5.41) is 23.4. The van der Waals surface area contributed by atoms with E-state index in [1.165, 1.54) is 212 Å². The number of ether oxygens (including phenoxy) is 1.